The third-order valence-electron chi connectivity index (χ3n) is 6.47. The van der Waals surface area contributed by atoms with E-state index in [9.17, 15) is 24.6 Å². The first kappa shape index (κ1) is 26.2. The number of carbonyl (C=O) groups is 3. The Morgan fingerprint density at radius 1 is 1.29 bits per heavy atom. The molecule has 9 nitrogen and oxygen atoms in total. The van der Waals surface area contributed by atoms with Crippen molar-refractivity contribution >= 4 is 51.7 Å². The number of aliphatic hydroxyl groups is 1. The molecular formula is C23H23N4NaO5S2. The molecule has 1 aromatic carbocycles. The van der Waals surface area contributed by atoms with Gasteiger partial charge in [0.15, 0.2) is 5.13 Å². The van der Waals surface area contributed by atoms with Crippen LogP contribution in [0.25, 0.3) is 0 Å². The third-order valence-corrected chi connectivity index (χ3v) is 8.82. The molecule has 3 aliphatic heterocycles. The Morgan fingerprint density at radius 3 is 2.60 bits per heavy atom. The normalized spacial score (nSPS) is 24.3. The van der Waals surface area contributed by atoms with E-state index in [4.69, 9.17) is 0 Å². The molecule has 0 spiro atoms. The van der Waals surface area contributed by atoms with Crippen LogP contribution in [0.4, 0.5) is 10.8 Å². The second-order valence-electron chi connectivity index (χ2n) is 8.73. The maximum atomic E-state index is 12.5. The second-order valence-corrected chi connectivity index (χ2v) is 10.9. The Morgan fingerprint density at radius 2 is 1.97 bits per heavy atom. The third kappa shape index (κ3) is 4.65. The van der Waals surface area contributed by atoms with Gasteiger partial charge in [-0.25, -0.2) is 4.98 Å². The molecule has 2 N–H and O–H groups in total. The topological polar surface area (TPSA) is 126 Å². The minimum absolute atomic E-state index is 0. The van der Waals surface area contributed by atoms with E-state index in [-0.39, 0.29) is 64.3 Å². The maximum absolute atomic E-state index is 12.5. The SMILES string of the molecule is C[C@@H](O)[C@H]1C(=O)N2C(C(=O)[O-])=C(SC3CN(c4nc(C(=O)Nc5ccccc5)cs4)C3)[C@H](C)[C@H]12.[Na+]. The fraction of sp³-hybridized carbons (Fsp3) is 0.391. The molecule has 1 aromatic heterocycles. The minimum atomic E-state index is -1.36. The Labute approximate surface area is 232 Å². The van der Waals surface area contributed by atoms with Gasteiger partial charge < -0.3 is 30.1 Å². The van der Waals surface area contributed by atoms with E-state index in [2.05, 4.69) is 10.3 Å². The van der Waals surface area contributed by atoms with Crippen molar-refractivity contribution in [2.24, 2.45) is 11.8 Å². The molecule has 0 saturated carbocycles. The smallest absolute Gasteiger partial charge is 0.543 e. The van der Waals surface area contributed by atoms with E-state index in [1.54, 1.807) is 12.3 Å². The van der Waals surface area contributed by atoms with Crippen LogP contribution in [0, 0.1) is 11.8 Å². The molecule has 0 radical (unpaired) electrons. The predicted molar refractivity (Wildman–Crippen MR) is 127 cm³/mol. The number of rotatable bonds is 7. The van der Waals surface area contributed by atoms with Crippen molar-refractivity contribution in [3.8, 4) is 0 Å². The predicted octanol–water partition coefficient (Wildman–Crippen LogP) is -1.86. The van der Waals surface area contributed by atoms with Crippen LogP contribution >= 0.6 is 23.1 Å². The molecule has 0 unspecified atom stereocenters. The van der Waals surface area contributed by atoms with Crippen LogP contribution in [0.2, 0.25) is 0 Å². The summed E-state index contributed by atoms with van der Waals surface area (Å²) in [5.41, 5.74) is 0.988. The quantitative estimate of drug-likeness (QED) is 0.320. The number of hydrogen-bond donors (Lipinski definition) is 2. The van der Waals surface area contributed by atoms with Crippen molar-refractivity contribution < 1.29 is 54.2 Å². The van der Waals surface area contributed by atoms with Crippen LogP contribution in [0.5, 0.6) is 0 Å². The number of nitrogens with one attached hydrogen (secondary N) is 1. The fourth-order valence-corrected chi connectivity index (χ4v) is 7.09. The van der Waals surface area contributed by atoms with E-state index < -0.39 is 18.0 Å². The Hall–Kier alpha value is -1.89. The van der Waals surface area contributed by atoms with Gasteiger partial charge in [0.25, 0.3) is 5.91 Å². The summed E-state index contributed by atoms with van der Waals surface area (Å²) in [7, 11) is 0. The number of thiazole rings is 1. The van der Waals surface area contributed by atoms with Crippen LogP contribution in [0.1, 0.15) is 24.3 Å². The van der Waals surface area contributed by atoms with Gasteiger partial charge in [-0.1, -0.05) is 25.1 Å². The zero-order valence-corrected chi connectivity index (χ0v) is 23.1. The number of fused-ring (bicyclic) bond motifs is 1. The zero-order chi connectivity index (χ0) is 24.1. The first-order valence-electron chi connectivity index (χ1n) is 11.0. The number of thioether (sulfide) groups is 1. The summed E-state index contributed by atoms with van der Waals surface area (Å²) in [5.74, 6) is -2.76. The number of amides is 2. The molecule has 2 amide bonds. The number of aliphatic hydroxyl groups excluding tert-OH is 1. The largest absolute Gasteiger partial charge is 1.00 e. The molecule has 5 rings (SSSR count). The molecule has 12 heteroatoms. The number of carboxylic acids is 1. The van der Waals surface area contributed by atoms with Gasteiger partial charge in [-0.3, -0.25) is 9.59 Å². The molecule has 2 saturated heterocycles. The number of nitrogens with zero attached hydrogens (tertiary/aromatic N) is 3. The molecule has 4 heterocycles. The van der Waals surface area contributed by atoms with Gasteiger partial charge in [0.05, 0.1) is 29.7 Å². The number of benzene rings is 1. The number of para-hydroxylation sites is 1. The van der Waals surface area contributed by atoms with Crippen molar-refractivity contribution in [3.05, 3.63) is 52.0 Å². The first-order valence-corrected chi connectivity index (χ1v) is 12.7. The average Bonchev–Trinajstić information content (AvgIpc) is 3.33. The molecule has 0 aliphatic carbocycles. The van der Waals surface area contributed by atoms with Crippen molar-refractivity contribution in [2.75, 3.05) is 23.3 Å². The zero-order valence-electron chi connectivity index (χ0n) is 19.5. The summed E-state index contributed by atoms with van der Waals surface area (Å²) in [6, 6.07) is 8.83. The van der Waals surface area contributed by atoms with Crippen molar-refractivity contribution in [1.29, 1.82) is 0 Å². The van der Waals surface area contributed by atoms with Crippen LogP contribution in [0.3, 0.4) is 0 Å². The minimum Gasteiger partial charge on any atom is -0.543 e. The fourth-order valence-electron chi connectivity index (χ4n) is 4.75. The van der Waals surface area contributed by atoms with E-state index in [1.807, 2.05) is 42.2 Å². The van der Waals surface area contributed by atoms with Crippen LogP contribution in [-0.4, -0.2) is 63.3 Å². The summed E-state index contributed by atoms with van der Waals surface area (Å²) in [5, 5.41) is 27.2. The Balaban J connectivity index is 0.00000289. The van der Waals surface area contributed by atoms with E-state index >= 15 is 0 Å². The molecule has 178 valence electrons. The van der Waals surface area contributed by atoms with Gasteiger partial charge in [-0.15, -0.1) is 23.1 Å². The number of aromatic nitrogens is 1. The van der Waals surface area contributed by atoms with Crippen LogP contribution in [0.15, 0.2) is 46.3 Å². The van der Waals surface area contributed by atoms with Crippen LogP contribution in [-0.2, 0) is 9.59 Å². The van der Waals surface area contributed by atoms with Gasteiger partial charge in [-0.2, -0.15) is 0 Å². The van der Waals surface area contributed by atoms with Crippen molar-refractivity contribution in [2.45, 2.75) is 31.2 Å². The number of hydrogen-bond acceptors (Lipinski definition) is 9. The van der Waals surface area contributed by atoms with Crippen molar-refractivity contribution in [3.63, 3.8) is 0 Å². The van der Waals surface area contributed by atoms with Gasteiger partial charge in [-0.05, 0) is 19.1 Å². The summed E-state index contributed by atoms with van der Waals surface area (Å²) in [6.45, 7) is 4.75. The number of anilines is 2. The summed E-state index contributed by atoms with van der Waals surface area (Å²) >= 11 is 2.84. The van der Waals surface area contributed by atoms with Crippen molar-refractivity contribution in [1.82, 2.24) is 9.88 Å². The molecule has 35 heavy (non-hydrogen) atoms. The molecule has 4 atom stereocenters. The van der Waals surface area contributed by atoms with E-state index in [1.165, 1.54) is 28.0 Å². The molecule has 2 aromatic rings. The first-order chi connectivity index (χ1) is 16.3. The monoisotopic (exact) mass is 522 g/mol. The van der Waals surface area contributed by atoms with Crippen LogP contribution < -0.4 is 44.9 Å². The standard InChI is InChI=1S/C23H24N4O5S2.Na/c1-11-17-16(12(2)28)21(30)27(17)18(22(31)32)19(11)34-14-8-26(9-14)23-25-15(10-33-23)20(29)24-13-6-4-3-5-7-13;/h3-7,10-12,14,16-17,28H,8-9H2,1-2H3,(H,24,29)(H,31,32);/q;+1/p-1/t11-,12-,16-,17-;/m1./s1. The van der Waals surface area contributed by atoms with E-state index in [0.29, 0.717) is 29.4 Å². The number of carboxylic acid groups (broad SMARTS) is 1. The van der Waals surface area contributed by atoms with E-state index in [0.717, 1.165) is 5.13 Å². The Bertz CT molecular complexity index is 1180. The number of aliphatic carboxylic acids is 1. The molecular weight excluding hydrogens is 499 g/mol. The summed E-state index contributed by atoms with van der Waals surface area (Å²) in [4.78, 5) is 45.2. The Kier molecular flexibility index (Phi) is 7.65. The summed E-state index contributed by atoms with van der Waals surface area (Å²) < 4.78 is 0. The molecule has 3 aliphatic rings. The summed E-state index contributed by atoms with van der Waals surface area (Å²) in [6.07, 6.45) is -0.832. The van der Waals surface area contributed by atoms with Gasteiger partial charge in [0.1, 0.15) is 5.69 Å². The second kappa shape index (κ2) is 10.2. The van der Waals surface area contributed by atoms with Gasteiger partial charge in [0, 0.05) is 40.2 Å². The van der Waals surface area contributed by atoms with Gasteiger partial charge >= 0.3 is 29.6 Å². The molecule has 0 bridgehead atoms. The van der Waals surface area contributed by atoms with Gasteiger partial charge in [0.2, 0.25) is 5.91 Å². The maximum Gasteiger partial charge on any atom is 1.00 e. The number of carbonyl (C=O) groups excluding carboxylic acids is 3. The molecule has 2 fully saturated rings. The average molecular weight is 523 g/mol. The number of β-lactam (4-membered cyclic amide) rings is 1.